The Labute approximate surface area is 287 Å². The normalized spacial score (nSPS) is 36.0. The molecule has 0 N–H and O–H groups in total. The summed E-state index contributed by atoms with van der Waals surface area (Å²) < 4.78 is 18.3. The molecule has 0 amide bonds. The van der Waals surface area contributed by atoms with Crippen LogP contribution in [0.3, 0.4) is 0 Å². The van der Waals surface area contributed by atoms with E-state index in [-0.39, 0.29) is 70.7 Å². The number of benzene rings is 2. The monoisotopic (exact) mass is 654 g/mol. The fourth-order valence-electron chi connectivity index (χ4n) is 11.2. The molecule has 2 aromatic rings. The number of hydrogen-bond acceptors (Lipinski definition) is 6. The lowest BCUT2D eigenvalue weighted by Crippen LogP contribution is -2.63. The van der Waals surface area contributed by atoms with Gasteiger partial charge in [-0.3, -0.25) is 14.4 Å². The maximum atomic E-state index is 12.8. The molecule has 0 aliphatic heterocycles. The van der Waals surface area contributed by atoms with Gasteiger partial charge in [0.25, 0.3) is 0 Å². The molecule has 0 radical (unpaired) electrons. The molecule has 2 aromatic carbocycles. The van der Waals surface area contributed by atoms with Crippen LogP contribution in [-0.2, 0) is 28.6 Å². The standard InChI is InChI=1S/C42H54O6/c1-26(17-18-34(30-13-9-7-10-14-30)31-15-11-8-12-16-31)35-19-20-36-40-37(25-39(42(35,36)6)48-29(4)45)41(5)22-21-33(46-27(2)43)23-32(41)24-38(40)47-28(3)44/h7-16,18,26,32-33,35-40H,17,19-25H2,1-6H3/t26-,32+,33-,35-,36+,37+,38+,39+,40+,41-,42+/m0/s1. The highest BCUT2D eigenvalue weighted by Gasteiger charge is 2.67. The number of allylic oxidation sites excluding steroid dienone is 1. The number of rotatable bonds is 8. The second kappa shape index (κ2) is 13.8. The van der Waals surface area contributed by atoms with Gasteiger partial charge in [-0.25, -0.2) is 0 Å². The van der Waals surface area contributed by atoms with Crippen LogP contribution in [-0.4, -0.2) is 36.2 Å². The molecule has 6 heteroatoms. The summed E-state index contributed by atoms with van der Waals surface area (Å²) in [6, 6.07) is 21.2. The van der Waals surface area contributed by atoms with E-state index in [1.807, 2.05) is 0 Å². The lowest BCUT2D eigenvalue weighted by molar-refractivity contribution is -0.224. The van der Waals surface area contributed by atoms with Crippen LogP contribution in [0.15, 0.2) is 66.7 Å². The highest BCUT2D eigenvalue weighted by molar-refractivity contribution is 5.79. The van der Waals surface area contributed by atoms with E-state index in [1.165, 1.54) is 30.5 Å². The molecule has 0 spiro atoms. The van der Waals surface area contributed by atoms with Crippen LogP contribution in [0.1, 0.15) is 104 Å². The minimum atomic E-state index is -0.240. The second-order valence-corrected chi connectivity index (χ2v) is 15.8. The van der Waals surface area contributed by atoms with Gasteiger partial charge in [0.05, 0.1) is 0 Å². The third kappa shape index (κ3) is 6.48. The Kier molecular flexibility index (Phi) is 9.93. The van der Waals surface area contributed by atoms with Crippen LogP contribution in [0.2, 0.25) is 0 Å². The van der Waals surface area contributed by atoms with E-state index in [0.717, 1.165) is 51.4 Å². The molecular weight excluding hydrogens is 600 g/mol. The summed E-state index contributed by atoms with van der Waals surface area (Å²) in [5.74, 6) is 0.994. The van der Waals surface area contributed by atoms with Crippen molar-refractivity contribution >= 4 is 23.5 Å². The maximum absolute atomic E-state index is 12.8. The Bertz CT molecular complexity index is 1460. The number of ether oxygens (including phenoxy) is 3. The molecule has 6 rings (SSSR count). The Morgan fingerprint density at radius 3 is 1.96 bits per heavy atom. The van der Waals surface area contributed by atoms with Crippen molar-refractivity contribution in [3.8, 4) is 0 Å². The molecule has 0 aromatic heterocycles. The molecule has 0 bridgehead atoms. The average Bonchev–Trinajstić information content (AvgIpc) is 3.40. The highest BCUT2D eigenvalue weighted by Crippen LogP contribution is 2.69. The summed E-state index contributed by atoms with van der Waals surface area (Å²) in [5.41, 5.74) is 3.42. The molecule has 0 heterocycles. The molecular formula is C42H54O6. The zero-order valence-corrected chi connectivity index (χ0v) is 29.7. The smallest absolute Gasteiger partial charge is 0.302 e. The largest absolute Gasteiger partial charge is 0.463 e. The fraction of sp³-hybridized carbons (Fsp3) is 0.595. The summed E-state index contributed by atoms with van der Waals surface area (Å²) in [4.78, 5) is 37.2. The number of carbonyl (C=O) groups excluding carboxylic acids is 3. The molecule has 4 aliphatic rings. The van der Waals surface area contributed by atoms with Gasteiger partial charge in [-0.1, -0.05) is 87.5 Å². The van der Waals surface area contributed by atoms with Crippen LogP contribution in [0.5, 0.6) is 0 Å². The third-order valence-electron chi connectivity index (χ3n) is 13.3. The Morgan fingerprint density at radius 1 is 0.771 bits per heavy atom. The predicted octanol–water partition coefficient (Wildman–Crippen LogP) is 8.82. The first-order valence-electron chi connectivity index (χ1n) is 18.2. The molecule has 0 saturated heterocycles. The molecule has 6 nitrogen and oxygen atoms in total. The minimum Gasteiger partial charge on any atom is -0.463 e. The van der Waals surface area contributed by atoms with Gasteiger partial charge in [0, 0.05) is 32.1 Å². The molecule has 11 atom stereocenters. The molecule has 48 heavy (non-hydrogen) atoms. The molecule has 4 saturated carbocycles. The first kappa shape index (κ1) is 34.5. The van der Waals surface area contributed by atoms with Crippen molar-refractivity contribution in [1.82, 2.24) is 0 Å². The van der Waals surface area contributed by atoms with E-state index in [0.29, 0.717) is 11.8 Å². The summed E-state index contributed by atoms with van der Waals surface area (Å²) in [7, 11) is 0. The van der Waals surface area contributed by atoms with E-state index in [1.54, 1.807) is 6.92 Å². The van der Waals surface area contributed by atoms with E-state index < -0.39 is 0 Å². The van der Waals surface area contributed by atoms with Gasteiger partial charge in [0.2, 0.25) is 0 Å². The number of hydrogen-bond donors (Lipinski definition) is 0. The van der Waals surface area contributed by atoms with Gasteiger partial charge in [0.1, 0.15) is 18.3 Å². The lowest BCUT2D eigenvalue weighted by atomic mass is 9.43. The number of fused-ring (bicyclic) bond motifs is 5. The summed E-state index contributed by atoms with van der Waals surface area (Å²) in [6.07, 6.45) is 9.06. The zero-order chi connectivity index (χ0) is 34.2. The minimum absolute atomic E-state index is 0.00952. The van der Waals surface area contributed by atoms with Crippen molar-refractivity contribution in [2.24, 2.45) is 46.3 Å². The zero-order valence-electron chi connectivity index (χ0n) is 29.7. The fourth-order valence-corrected chi connectivity index (χ4v) is 11.2. The lowest BCUT2D eigenvalue weighted by Gasteiger charge is -2.64. The van der Waals surface area contributed by atoms with Crippen molar-refractivity contribution < 1.29 is 28.6 Å². The number of esters is 3. The Hall–Kier alpha value is -3.41. The van der Waals surface area contributed by atoms with Crippen molar-refractivity contribution in [2.75, 3.05) is 0 Å². The van der Waals surface area contributed by atoms with Gasteiger partial charge in [0.15, 0.2) is 0 Å². The maximum Gasteiger partial charge on any atom is 0.302 e. The van der Waals surface area contributed by atoms with Crippen molar-refractivity contribution in [1.29, 1.82) is 0 Å². The molecule has 258 valence electrons. The van der Waals surface area contributed by atoms with E-state index >= 15 is 0 Å². The quantitative estimate of drug-likeness (QED) is 0.209. The molecule has 4 aliphatic carbocycles. The Balaban J connectivity index is 1.33. The third-order valence-corrected chi connectivity index (χ3v) is 13.3. The van der Waals surface area contributed by atoms with Gasteiger partial charge in [-0.05, 0) is 103 Å². The first-order valence-corrected chi connectivity index (χ1v) is 18.2. The van der Waals surface area contributed by atoms with Gasteiger partial charge < -0.3 is 14.2 Å². The van der Waals surface area contributed by atoms with Crippen molar-refractivity contribution in [2.45, 2.75) is 111 Å². The molecule has 0 unspecified atom stereocenters. The van der Waals surface area contributed by atoms with Crippen LogP contribution >= 0.6 is 0 Å². The van der Waals surface area contributed by atoms with Gasteiger partial charge in [-0.2, -0.15) is 0 Å². The average molecular weight is 655 g/mol. The molecule has 4 fully saturated rings. The highest BCUT2D eigenvalue weighted by atomic mass is 16.6. The van der Waals surface area contributed by atoms with Crippen LogP contribution in [0, 0.1) is 46.3 Å². The van der Waals surface area contributed by atoms with Crippen molar-refractivity contribution in [3.63, 3.8) is 0 Å². The van der Waals surface area contributed by atoms with Gasteiger partial charge >= 0.3 is 17.9 Å². The summed E-state index contributed by atoms with van der Waals surface area (Å²) in [5, 5.41) is 0. The van der Waals surface area contributed by atoms with E-state index in [2.05, 4.69) is 87.5 Å². The number of carbonyl (C=O) groups is 3. The van der Waals surface area contributed by atoms with E-state index in [4.69, 9.17) is 14.2 Å². The van der Waals surface area contributed by atoms with Crippen LogP contribution < -0.4 is 0 Å². The SMILES string of the molecule is CC(=O)O[C@H]1CC[C@@]2(C)[C@H](C1)C[C@@H](OC(C)=O)[C@H]1[C@H]2C[C@@H](OC(C)=O)[C@@]2(C)[C@@H]1CC[C@H]2[C@@H](C)CC=C(c1ccccc1)c1ccccc1. The Morgan fingerprint density at radius 2 is 1.38 bits per heavy atom. The second-order valence-electron chi connectivity index (χ2n) is 15.8. The first-order chi connectivity index (χ1) is 22.9. The predicted molar refractivity (Wildman–Crippen MR) is 186 cm³/mol. The van der Waals surface area contributed by atoms with E-state index in [9.17, 15) is 14.4 Å². The topological polar surface area (TPSA) is 78.9 Å². The van der Waals surface area contributed by atoms with Gasteiger partial charge in [-0.15, -0.1) is 0 Å². The van der Waals surface area contributed by atoms with Crippen LogP contribution in [0.25, 0.3) is 5.57 Å². The summed E-state index contributed by atoms with van der Waals surface area (Å²) >= 11 is 0. The van der Waals surface area contributed by atoms with Crippen LogP contribution in [0.4, 0.5) is 0 Å². The summed E-state index contributed by atoms with van der Waals surface area (Å²) in [6.45, 7) is 11.7. The van der Waals surface area contributed by atoms with Crippen molar-refractivity contribution in [3.05, 3.63) is 77.9 Å².